The third-order valence-electron chi connectivity index (χ3n) is 1.07. The number of aliphatic hydroxyl groups is 1. The molecular weight excluding hydrogens is 155 g/mol. The first-order valence-corrected chi connectivity index (χ1v) is 4.75. The predicted octanol–water partition coefficient (Wildman–Crippen LogP) is 0.529. The Labute approximate surface area is 60.0 Å². The molecular formula is C5H13O4P. The Kier molecular flexibility index (Phi) is 3.52. The van der Waals surface area contributed by atoms with Gasteiger partial charge in [0.15, 0.2) is 5.85 Å². The number of hydrogen-bond acceptors (Lipinski definition) is 2. The van der Waals surface area contributed by atoms with E-state index in [-0.39, 0.29) is 12.3 Å². The Hall–Kier alpha value is 0.110. The first-order valence-electron chi connectivity index (χ1n) is 3.07. The van der Waals surface area contributed by atoms with Crippen LogP contribution in [0.5, 0.6) is 0 Å². The van der Waals surface area contributed by atoms with Crippen LogP contribution in [0.4, 0.5) is 0 Å². The standard InChI is InChI=1S/C5H13O4P/c1-4(2)3-5(6)10(7,8)9/h4-6H,3H2,1-2H3,(H2,7,8,9). The average Bonchev–Trinajstić information content (AvgIpc) is 1.60. The molecule has 0 aromatic carbocycles. The Morgan fingerprint density at radius 3 is 1.90 bits per heavy atom. The summed E-state index contributed by atoms with van der Waals surface area (Å²) in [6, 6.07) is 0. The zero-order valence-electron chi connectivity index (χ0n) is 6.06. The highest BCUT2D eigenvalue weighted by Gasteiger charge is 2.26. The average molecular weight is 168 g/mol. The van der Waals surface area contributed by atoms with Crippen LogP contribution in [0, 0.1) is 5.92 Å². The van der Waals surface area contributed by atoms with Gasteiger partial charge in [-0.3, -0.25) is 4.57 Å². The molecule has 62 valence electrons. The van der Waals surface area contributed by atoms with Gasteiger partial charge in [0.1, 0.15) is 0 Å². The summed E-state index contributed by atoms with van der Waals surface area (Å²) in [4.78, 5) is 16.8. The van der Waals surface area contributed by atoms with Crippen LogP contribution >= 0.6 is 7.60 Å². The fraction of sp³-hybridized carbons (Fsp3) is 1.00. The molecule has 1 atom stereocenters. The second-order valence-electron chi connectivity index (χ2n) is 2.70. The highest BCUT2D eigenvalue weighted by molar-refractivity contribution is 7.52. The highest BCUT2D eigenvalue weighted by atomic mass is 31.2. The summed E-state index contributed by atoms with van der Waals surface area (Å²) >= 11 is 0. The van der Waals surface area contributed by atoms with Crippen molar-refractivity contribution >= 4 is 7.60 Å². The van der Waals surface area contributed by atoms with Crippen molar-refractivity contribution in [3.8, 4) is 0 Å². The van der Waals surface area contributed by atoms with Crippen molar-refractivity contribution in [2.24, 2.45) is 5.92 Å². The van der Waals surface area contributed by atoms with Gasteiger partial charge < -0.3 is 14.9 Å². The number of hydrogen-bond donors (Lipinski definition) is 3. The van der Waals surface area contributed by atoms with Crippen LogP contribution in [0.15, 0.2) is 0 Å². The van der Waals surface area contributed by atoms with Crippen molar-refractivity contribution in [1.29, 1.82) is 0 Å². The minimum Gasteiger partial charge on any atom is -0.380 e. The summed E-state index contributed by atoms with van der Waals surface area (Å²) in [5, 5.41) is 8.79. The number of rotatable bonds is 3. The molecule has 10 heavy (non-hydrogen) atoms. The normalized spacial score (nSPS) is 15.8. The van der Waals surface area contributed by atoms with E-state index in [0.29, 0.717) is 0 Å². The van der Waals surface area contributed by atoms with Crippen molar-refractivity contribution in [2.45, 2.75) is 26.1 Å². The van der Waals surface area contributed by atoms with Gasteiger partial charge in [-0.05, 0) is 12.3 Å². The maximum Gasteiger partial charge on any atom is 0.353 e. The molecule has 0 aromatic heterocycles. The van der Waals surface area contributed by atoms with Crippen LogP contribution < -0.4 is 0 Å². The van der Waals surface area contributed by atoms with Gasteiger partial charge in [0.25, 0.3) is 0 Å². The minimum absolute atomic E-state index is 0.0997. The molecule has 0 fully saturated rings. The second kappa shape index (κ2) is 3.49. The summed E-state index contributed by atoms with van der Waals surface area (Å²) < 4.78 is 10.3. The molecule has 0 saturated heterocycles. The molecule has 0 saturated carbocycles. The maximum absolute atomic E-state index is 10.3. The lowest BCUT2D eigenvalue weighted by Gasteiger charge is -2.13. The number of aliphatic hydroxyl groups excluding tert-OH is 1. The van der Waals surface area contributed by atoms with E-state index in [1.54, 1.807) is 13.8 Å². The topological polar surface area (TPSA) is 77.8 Å². The molecule has 1 unspecified atom stereocenters. The van der Waals surface area contributed by atoms with Crippen LogP contribution in [0.1, 0.15) is 20.3 Å². The van der Waals surface area contributed by atoms with Crippen LogP contribution in [0.25, 0.3) is 0 Å². The lowest BCUT2D eigenvalue weighted by molar-refractivity contribution is 0.180. The summed E-state index contributed by atoms with van der Waals surface area (Å²) in [5.41, 5.74) is 0. The van der Waals surface area contributed by atoms with Crippen molar-refractivity contribution in [3.63, 3.8) is 0 Å². The zero-order chi connectivity index (χ0) is 8.36. The molecule has 0 heterocycles. The first kappa shape index (κ1) is 10.1. The summed E-state index contributed by atoms with van der Waals surface area (Å²) in [6.07, 6.45) is 0.143. The summed E-state index contributed by atoms with van der Waals surface area (Å²) in [5.74, 6) is -1.39. The van der Waals surface area contributed by atoms with Crippen molar-refractivity contribution in [3.05, 3.63) is 0 Å². The van der Waals surface area contributed by atoms with Crippen molar-refractivity contribution < 1.29 is 19.5 Å². The fourth-order valence-electron chi connectivity index (χ4n) is 0.559. The van der Waals surface area contributed by atoms with Crippen molar-refractivity contribution in [2.75, 3.05) is 0 Å². The quantitative estimate of drug-likeness (QED) is 0.537. The third kappa shape index (κ3) is 4.01. The maximum atomic E-state index is 10.3. The van der Waals surface area contributed by atoms with Gasteiger partial charge >= 0.3 is 7.60 Å². The van der Waals surface area contributed by atoms with E-state index in [4.69, 9.17) is 14.9 Å². The van der Waals surface area contributed by atoms with Gasteiger partial charge in [0, 0.05) is 0 Å². The molecule has 3 N–H and O–H groups in total. The molecule has 0 radical (unpaired) electrons. The van der Waals surface area contributed by atoms with Gasteiger partial charge in [-0.15, -0.1) is 0 Å². The zero-order valence-corrected chi connectivity index (χ0v) is 6.95. The van der Waals surface area contributed by atoms with Gasteiger partial charge in [-0.25, -0.2) is 0 Å². The largest absolute Gasteiger partial charge is 0.380 e. The fourth-order valence-corrected chi connectivity index (χ4v) is 1.26. The second-order valence-corrected chi connectivity index (χ2v) is 4.47. The van der Waals surface area contributed by atoms with E-state index >= 15 is 0 Å². The molecule has 0 aliphatic carbocycles. The van der Waals surface area contributed by atoms with Crippen LogP contribution in [-0.4, -0.2) is 20.7 Å². The van der Waals surface area contributed by atoms with Gasteiger partial charge in [-0.1, -0.05) is 13.8 Å². The lowest BCUT2D eigenvalue weighted by atomic mass is 10.1. The predicted molar refractivity (Wildman–Crippen MR) is 37.5 cm³/mol. The van der Waals surface area contributed by atoms with E-state index in [1.165, 1.54) is 0 Å². The Morgan fingerprint density at radius 2 is 1.80 bits per heavy atom. The van der Waals surface area contributed by atoms with Gasteiger partial charge in [-0.2, -0.15) is 0 Å². The SMILES string of the molecule is CC(C)CC(O)P(=O)(O)O. The van der Waals surface area contributed by atoms with Crippen LogP contribution in [0.2, 0.25) is 0 Å². The van der Waals surface area contributed by atoms with E-state index in [0.717, 1.165) is 0 Å². The van der Waals surface area contributed by atoms with E-state index in [9.17, 15) is 4.57 Å². The molecule has 0 bridgehead atoms. The Morgan fingerprint density at radius 1 is 1.40 bits per heavy atom. The van der Waals surface area contributed by atoms with E-state index < -0.39 is 13.4 Å². The molecule has 5 heteroatoms. The lowest BCUT2D eigenvalue weighted by Crippen LogP contribution is -2.09. The molecule has 0 spiro atoms. The monoisotopic (exact) mass is 168 g/mol. The van der Waals surface area contributed by atoms with E-state index in [2.05, 4.69) is 0 Å². The van der Waals surface area contributed by atoms with E-state index in [1.807, 2.05) is 0 Å². The summed E-state index contributed by atoms with van der Waals surface area (Å²) in [7, 11) is -4.26. The molecule has 0 rings (SSSR count). The summed E-state index contributed by atoms with van der Waals surface area (Å²) in [6.45, 7) is 3.58. The molecule has 0 amide bonds. The Balaban J connectivity index is 3.86. The van der Waals surface area contributed by atoms with Crippen LogP contribution in [0.3, 0.4) is 0 Å². The smallest absolute Gasteiger partial charge is 0.353 e. The first-order chi connectivity index (χ1) is 4.34. The highest BCUT2D eigenvalue weighted by Crippen LogP contribution is 2.42. The van der Waals surface area contributed by atoms with Crippen LogP contribution in [-0.2, 0) is 4.57 Å². The molecule has 0 aliphatic heterocycles. The van der Waals surface area contributed by atoms with Gasteiger partial charge in [0.2, 0.25) is 0 Å². The van der Waals surface area contributed by atoms with Crippen molar-refractivity contribution in [1.82, 2.24) is 0 Å². The van der Waals surface area contributed by atoms with Gasteiger partial charge in [0.05, 0.1) is 0 Å². The molecule has 4 nitrogen and oxygen atoms in total. The Bertz CT molecular complexity index is 139. The third-order valence-corrected chi connectivity index (χ3v) is 2.06. The molecule has 0 aliphatic rings. The molecule has 0 aromatic rings. The minimum atomic E-state index is -4.26.